The number of nitrogens with one attached hydrogen (secondary N) is 1. The second-order valence-electron chi connectivity index (χ2n) is 9.72. The van der Waals surface area contributed by atoms with Crippen LogP contribution in [0.5, 0.6) is 0 Å². The molecule has 32 heavy (non-hydrogen) atoms. The Morgan fingerprint density at radius 2 is 1.50 bits per heavy atom. The summed E-state index contributed by atoms with van der Waals surface area (Å²) in [6.45, 7) is 9.72. The van der Waals surface area contributed by atoms with Gasteiger partial charge in [0.25, 0.3) is 0 Å². The number of carbonyl (C=O) groups excluding carboxylic acids is 2. The molecule has 1 aliphatic rings. The number of thioether (sulfide) groups is 1. The molecule has 1 unspecified atom stereocenters. The monoisotopic (exact) mass is 455 g/mol. The van der Waals surface area contributed by atoms with Gasteiger partial charge < -0.3 is 14.8 Å². The Hall–Kier alpha value is -2.47. The van der Waals surface area contributed by atoms with Gasteiger partial charge in [-0.1, -0.05) is 62.4 Å². The first-order valence-corrected chi connectivity index (χ1v) is 12.1. The van der Waals surface area contributed by atoms with E-state index in [4.69, 9.17) is 9.47 Å². The normalized spacial score (nSPS) is 14.3. The summed E-state index contributed by atoms with van der Waals surface area (Å²) in [6, 6.07) is 15.6. The van der Waals surface area contributed by atoms with Crippen molar-refractivity contribution in [3.63, 3.8) is 0 Å². The number of fused-ring (bicyclic) bond motifs is 3. The van der Waals surface area contributed by atoms with Crippen LogP contribution in [0.4, 0.5) is 4.79 Å². The molecule has 0 fully saturated rings. The van der Waals surface area contributed by atoms with E-state index in [0.717, 1.165) is 11.1 Å². The van der Waals surface area contributed by atoms with Gasteiger partial charge in [-0.05, 0) is 55.7 Å². The average molecular weight is 456 g/mol. The fraction of sp³-hybridized carbons (Fsp3) is 0.462. The SMILES string of the molecule is CSC(C)(C)CC(NC(=O)OCC1c2ccccc2-c2ccccc21)C(=O)OC(C)(C)C. The number of hydrogen-bond donors (Lipinski definition) is 1. The molecule has 0 heterocycles. The van der Waals surface area contributed by atoms with E-state index in [-0.39, 0.29) is 17.3 Å². The van der Waals surface area contributed by atoms with Crippen LogP contribution in [-0.4, -0.2) is 41.3 Å². The summed E-state index contributed by atoms with van der Waals surface area (Å²) < 4.78 is 11.0. The third kappa shape index (κ3) is 5.85. The van der Waals surface area contributed by atoms with Crippen molar-refractivity contribution >= 4 is 23.8 Å². The quantitative estimate of drug-likeness (QED) is 0.537. The molecule has 2 aromatic carbocycles. The van der Waals surface area contributed by atoms with Gasteiger partial charge in [0, 0.05) is 10.7 Å². The van der Waals surface area contributed by atoms with E-state index in [1.54, 1.807) is 11.8 Å². The Labute approximate surface area is 195 Å². The summed E-state index contributed by atoms with van der Waals surface area (Å²) in [5.74, 6) is -0.483. The molecule has 1 N–H and O–H groups in total. The summed E-state index contributed by atoms with van der Waals surface area (Å²) in [5, 5.41) is 2.75. The van der Waals surface area contributed by atoms with Gasteiger partial charge >= 0.3 is 12.1 Å². The van der Waals surface area contributed by atoms with Crippen LogP contribution in [0.15, 0.2) is 48.5 Å². The predicted octanol–water partition coefficient (Wildman–Crippen LogP) is 5.77. The highest BCUT2D eigenvalue weighted by atomic mass is 32.2. The molecule has 3 rings (SSSR count). The van der Waals surface area contributed by atoms with E-state index in [9.17, 15) is 9.59 Å². The minimum atomic E-state index is -0.785. The van der Waals surface area contributed by atoms with E-state index in [1.807, 2.05) is 65.1 Å². The van der Waals surface area contributed by atoms with Gasteiger partial charge in [0.2, 0.25) is 0 Å². The molecule has 1 amide bonds. The second kappa shape index (κ2) is 9.57. The van der Waals surface area contributed by atoms with Crippen molar-refractivity contribution in [2.75, 3.05) is 12.9 Å². The Kier molecular flexibility index (Phi) is 7.23. The van der Waals surface area contributed by atoms with Crippen LogP contribution in [0.3, 0.4) is 0 Å². The third-order valence-electron chi connectivity index (χ3n) is 5.58. The van der Waals surface area contributed by atoms with Crippen LogP contribution < -0.4 is 5.32 Å². The zero-order chi connectivity index (χ0) is 23.5. The van der Waals surface area contributed by atoms with Crippen LogP contribution in [0.2, 0.25) is 0 Å². The number of hydrogen-bond acceptors (Lipinski definition) is 5. The first kappa shape index (κ1) is 24.2. The molecule has 0 aromatic heterocycles. The van der Waals surface area contributed by atoms with Gasteiger partial charge in [0.1, 0.15) is 18.2 Å². The Bertz CT molecular complexity index is 934. The number of amides is 1. The Balaban J connectivity index is 1.71. The molecule has 2 aromatic rings. The molecule has 0 bridgehead atoms. The van der Waals surface area contributed by atoms with Gasteiger partial charge in [-0.3, -0.25) is 0 Å². The summed E-state index contributed by atoms with van der Waals surface area (Å²) in [6.07, 6.45) is 1.81. The van der Waals surface area contributed by atoms with Crippen molar-refractivity contribution in [1.82, 2.24) is 5.32 Å². The number of carbonyl (C=O) groups is 2. The molecular weight excluding hydrogens is 422 g/mol. The standard InChI is InChI=1S/C26H33NO4S/c1-25(2,3)31-23(28)22(15-26(4,5)32-6)27-24(29)30-16-21-19-13-9-7-11-17(19)18-12-8-10-14-20(18)21/h7-14,21-22H,15-16H2,1-6H3,(H,27,29). The second-order valence-corrected chi connectivity index (χ2v) is 11.2. The smallest absolute Gasteiger partial charge is 0.407 e. The van der Waals surface area contributed by atoms with Crippen LogP contribution in [0.1, 0.15) is 58.1 Å². The molecular formula is C26H33NO4S. The van der Waals surface area contributed by atoms with Crippen LogP contribution in [0.25, 0.3) is 11.1 Å². The predicted molar refractivity (Wildman–Crippen MR) is 130 cm³/mol. The van der Waals surface area contributed by atoms with Gasteiger partial charge in [0.05, 0.1) is 0 Å². The molecule has 5 nitrogen and oxygen atoms in total. The van der Waals surface area contributed by atoms with Gasteiger partial charge in [0.15, 0.2) is 0 Å². The molecule has 1 aliphatic carbocycles. The van der Waals surface area contributed by atoms with E-state index < -0.39 is 23.7 Å². The van der Waals surface area contributed by atoms with Gasteiger partial charge in [-0.2, -0.15) is 11.8 Å². The van der Waals surface area contributed by atoms with Crippen LogP contribution >= 0.6 is 11.8 Å². The molecule has 0 saturated carbocycles. The lowest BCUT2D eigenvalue weighted by molar-refractivity contribution is -0.157. The lowest BCUT2D eigenvalue weighted by Crippen LogP contribution is -2.47. The van der Waals surface area contributed by atoms with Crippen molar-refractivity contribution < 1.29 is 19.1 Å². The molecule has 0 spiro atoms. The summed E-state index contributed by atoms with van der Waals surface area (Å²) >= 11 is 1.64. The van der Waals surface area contributed by atoms with Crippen LogP contribution in [-0.2, 0) is 14.3 Å². The maximum absolute atomic E-state index is 12.8. The first-order chi connectivity index (χ1) is 15.0. The molecule has 0 radical (unpaired) electrons. The van der Waals surface area contributed by atoms with Gasteiger partial charge in [-0.15, -0.1) is 0 Å². The van der Waals surface area contributed by atoms with Crippen molar-refractivity contribution in [2.24, 2.45) is 0 Å². The molecule has 6 heteroatoms. The number of esters is 1. The Morgan fingerprint density at radius 3 is 2.00 bits per heavy atom. The fourth-order valence-electron chi connectivity index (χ4n) is 3.92. The van der Waals surface area contributed by atoms with Crippen molar-refractivity contribution in [3.05, 3.63) is 59.7 Å². The topological polar surface area (TPSA) is 64.6 Å². The summed E-state index contributed by atoms with van der Waals surface area (Å²) in [7, 11) is 0. The van der Waals surface area contributed by atoms with Crippen molar-refractivity contribution in [1.29, 1.82) is 0 Å². The van der Waals surface area contributed by atoms with Crippen molar-refractivity contribution in [3.8, 4) is 11.1 Å². The highest BCUT2D eigenvalue weighted by Crippen LogP contribution is 2.44. The van der Waals surface area contributed by atoms with E-state index in [2.05, 4.69) is 29.6 Å². The maximum Gasteiger partial charge on any atom is 0.407 e. The first-order valence-electron chi connectivity index (χ1n) is 10.9. The van der Waals surface area contributed by atoms with Crippen molar-refractivity contribution in [2.45, 2.75) is 63.3 Å². The lowest BCUT2D eigenvalue weighted by atomic mass is 9.98. The van der Waals surface area contributed by atoms with E-state index >= 15 is 0 Å². The zero-order valence-electron chi connectivity index (χ0n) is 19.7. The number of ether oxygens (including phenoxy) is 2. The van der Waals surface area contributed by atoms with Gasteiger partial charge in [-0.25, -0.2) is 9.59 Å². The number of rotatable bonds is 7. The summed E-state index contributed by atoms with van der Waals surface area (Å²) in [4.78, 5) is 25.5. The van der Waals surface area contributed by atoms with Crippen LogP contribution in [0, 0.1) is 0 Å². The van der Waals surface area contributed by atoms with E-state index in [0.29, 0.717) is 6.42 Å². The lowest BCUT2D eigenvalue weighted by Gasteiger charge is -2.30. The maximum atomic E-state index is 12.8. The van der Waals surface area contributed by atoms with E-state index in [1.165, 1.54) is 11.1 Å². The number of benzene rings is 2. The largest absolute Gasteiger partial charge is 0.458 e. The molecule has 1 atom stereocenters. The summed E-state index contributed by atoms with van der Waals surface area (Å²) in [5.41, 5.74) is 4.00. The highest BCUT2D eigenvalue weighted by Gasteiger charge is 2.34. The average Bonchev–Trinajstić information content (AvgIpc) is 3.04. The molecule has 0 saturated heterocycles. The fourth-order valence-corrected chi connectivity index (χ4v) is 4.26. The molecule has 0 aliphatic heterocycles. The minimum absolute atomic E-state index is 0.0317. The molecule has 172 valence electrons. The minimum Gasteiger partial charge on any atom is -0.458 e. The zero-order valence-corrected chi connectivity index (χ0v) is 20.5. The third-order valence-corrected chi connectivity index (χ3v) is 6.85. The highest BCUT2D eigenvalue weighted by molar-refractivity contribution is 7.99. The Morgan fingerprint density at radius 1 is 0.969 bits per heavy atom. The number of alkyl carbamates (subject to hydrolysis) is 1.